The molecule has 4 heterocycles. The molecule has 0 unspecified atom stereocenters. The Morgan fingerprint density at radius 3 is 2.59 bits per heavy atom. The molecule has 202 valence electrons. The van der Waals surface area contributed by atoms with Gasteiger partial charge in [0.1, 0.15) is 12.4 Å². The van der Waals surface area contributed by atoms with E-state index < -0.39 is 18.5 Å². The van der Waals surface area contributed by atoms with Crippen LogP contribution in [0.5, 0.6) is 0 Å². The van der Waals surface area contributed by atoms with Gasteiger partial charge in [0.15, 0.2) is 23.0 Å². The third-order valence-electron chi connectivity index (χ3n) is 5.89. The molecule has 0 saturated carbocycles. The van der Waals surface area contributed by atoms with Gasteiger partial charge < -0.3 is 9.94 Å². The number of nitrogens with zero attached hydrogens (tertiary/aromatic N) is 9. The van der Waals surface area contributed by atoms with Crippen LogP contribution in [-0.2, 0) is 11.8 Å². The molecule has 5 aromatic rings. The number of rotatable bonds is 9. The van der Waals surface area contributed by atoms with E-state index in [0.29, 0.717) is 16.1 Å². The fourth-order valence-corrected chi connectivity index (χ4v) is 4.42. The second-order valence-corrected chi connectivity index (χ2v) is 9.06. The summed E-state index contributed by atoms with van der Waals surface area (Å²) in [6.07, 6.45) is 7.03. The van der Waals surface area contributed by atoms with E-state index in [1.165, 1.54) is 57.0 Å². The lowest BCUT2D eigenvalue weighted by molar-refractivity contribution is -0.615. The van der Waals surface area contributed by atoms with E-state index in [1.807, 2.05) is 0 Å². The summed E-state index contributed by atoms with van der Waals surface area (Å²) in [6.45, 7) is -3.34. The van der Waals surface area contributed by atoms with Gasteiger partial charge in [-0.3, -0.25) is 4.68 Å². The van der Waals surface area contributed by atoms with Crippen molar-refractivity contribution in [2.45, 2.75) is 19.1 Å². The number of hydrogen-bond donors (Lipinski definition) is 0. The Morgan fingerprint density at radius 1 is 1.10 bits per heavy atom. The Kier molecular flexibility index (Phi) is 7.50. The van der Waals surface area contributed by atoms with Crippen molar-refractivity contribution in [3.63, 3.8) is 0 Å². The van der Waals surface area contributed by atoms with Gasteiger partial charge in [0.25, 0.3) is 0 Å². The van der Waals surface area contributed by atoms with Crippen molar-refractivity contribution in [3.8, 4) is 28.2 Å². The van der Waals surface area contributed by atoms with Crippen LogP contribution < -0.4 is 4.73 Å². The number of benzene rings is 1. The van der Waals surface area contributed by atoms with Crippen LogP contribution in [0.25, 0.3) is 28.2 Å². The van der Waals surface area contributed by atoms with Crippen molar-refractivity contribution in [1.29, 1.82) is 0 Å². The normalized spacial score (nSPS) is 12.4. The van der Waals surface area contributed by atoms with Crippen molar-refractivity contribution in [2.24, 2.45) is 7.05 Å². The first-order valence-electron chi connectivity index (χ1n) is 11.3. The SMILES string of the molecule is Cn1ncnc1-c1cnn([C@H](CCOC(F)F)c2ccc(-c3c(-n4cc(Cl)nn4)ccc(Cl)c3F)c[n+]2[O-])c1. The quantitative estimate of drug-likeness (QED) is 0.189. The van der Waals surface area contributed by atoms with Crippen molar-refractivity contribution >= 4 is 23.2 Å². The molecule has 0 aliphatic carbocycles. The van der Waals surface area contributed by atoms with Gasteiger partial charge in [-0.1, -0.05) is 28.4 Å². The Labute approximate surface area is 228 Å². The summed E-state index contributed by atoms with van der Waals surface area (Å²) in [7, 11) is 1.70. The molecule has 0 N–H and O–H groups in total. The molecule has 16 heteroatoms. The van der Waals surface area contributed by atoms with Gasteiger partial charge in [-0.2, -0.15) is 23.7 Å². The molecule has 11 nitrogen and oxygen atoms in total. The monoisotopic (exact) mass is 579 g/mol. The van der Waals surface area contributed by atoms with Gasteiger partial charge in [-0.15, -0.1) is 5.10 Å². The lowest BCUT2D eigenvalue weighted by Gasteiger charge is -2.18. The minimum atomic E-state index is -2.98. The molecule has 0 aliphatic rings. The summed E-state index contributed by atoms with van der Waals surface area (Å²) < 4.78 is 49.9. The number of halogens is 5. The predicted octanol–water partition coefficient (Wildman–Crippen LogP) is 4.22. The van der Waals surface area contributed by atoms with E-state index in [0.717, 1.165) is 6.20 Å². The summed E-state index contributed by atoms with van der Waals surface area (Å²) >= 11 is 11.9. The van der Waals surface area contributed by atoms with Gasteiger partial charge in [-0.05, 0) is 18.2 Å². The van der Waals surface area contributed by atoms with Gasteiger partial charge >= 0.3 is 6.61 Å². The summed E-state index contributed by atoms with van der Waals surface area (Å²) in [5.74, 6) is -0.262. The molecule has 1 atom stereocenters. The van der Waals surface area contributed by atoms with Crippen molar-refractivity contribution < 1.29 is 22.6 Å². The zero-order valence-electron chi connectivity index (χ0n) is 20.0. The zero-order chi connectivity index (χ0) is 27.7. The highest BCUT2D eigenvalue weighted by molar-refractivity contribution is 6.31. The minimum absolute atomic E-state index is 0.0125. The summed E-state index contributed by atoms with van der Waals surface area (Å²) in [5, 5.41) is 29.1. The average molecular weight is 580 g/mol. The topological polar surface area (TPSA) is 115 Å². The van der Waals surface area contributed by atoms with Crippen molar-refractivity contribution in [2.75, 3.05) is 6.61 Å². The van der Waals surface area contributed by atoms with Gasteiger partial charge in [0.2, 0.25) is 5.69 Å². The van der Waals surface area contributed by atoms with Gasteiger partial charge in [0, 0.05) is 25.7 Å². The van der Waals surface area contributed by atoms with Crippen LogP contribution in [-0.4, -0.2) is 52.8 Å². The van der Waals surface area contributed by atoms with E-state index in [9.17, 15) is 14.0 Å². The van der Waals surface area contributed by atoms with Crippen molar-refractivity contribution in [1.82, 2.24) is 39.5 Å². The highest BCUT2D eigenvalue weighted by Gasteiger charge is 2.26. The first-order chi connectivity index (χ1) is 18.7. The number of aryl methyl sites for hydroxylation is 1. The molecule has 5 rings (SSSR count). The number of pyridine rings is 1. The van der Waals surface area contributed by atoms with Gasteiger partial charge in [0.05, 0.1) is 46.4 Å². The molecule has 1 aromatic carbocycles. The Morgan fingerprint density at radius 2 is 1.92 bits per heavy atom. The number of alkyl halides is 2. The third kappa shape index (κ3) is 5.44. The standard InChI is InChI=1S/C23H18Cl2F3N9O2/c1-34-22(29-12-31-34)14-8-30-35(9-14)16(6-7-39-23(27)28)17-4-2-13(10-37(17)38)20-18(5-3-15(24)21(20)26)36-11-19(25)32-33-36/h2-5,8-12,16,23H,6-7H2,1H3/t16-/m1/s1. The maximum Gasteiger partial charge on any atom is 0.345 e. The maximum absolute atomic E-state index is 15.3. The summed E-state index contributed by atoms with van der Waals surface area (Å²) in [5.41, 5.74) is 1.16. The van der Waals surface area contributed by atoms with Crippen LogP contribution in [0.2, 0.25) is 10.2 Å². The van der Waals surface area contributed by atoms with Crippen LogP contribution in [0.4, 0.5) is 13.2 Å². The Hall–Kier alpha value is -4.01. The summed E-state index contributed by atoms with van der Waals surface area (Å²) in [4.78, 5) is 4.17. The fraction of sp³-hybridized carbons (Fsp3) is 0.217. The lowest BCUT2D eigenvalue weighted by Crippen LogP contribution is -2.36. The molecular weight excluding hydrogens is 562 g/mol. The largest absolute Gasteiger partial charge is 0.618 e. The Balaban J connectivity index is 1.55. The number of hydrogen-bond acceptors (Lipinski definition) is 7. The lowest BCUT2D eigenvalue weighted by atomic mass is 10.0. The molecule has 0 bridgehead atoms. The molecule has 0 radical (unpaired) electrons. The average Bonchev–Trinajstić information content (AvgIpc) is 3.65. The second-order valence-electron chi connectivity index (χ2n) is 8.26. The molecule has 0 amide bonds. The number of ether oxygens (including phenoxy) is 1. The number of aromatic nitrogens is 9. The molecule has 0 aliphatic heterocycles. The smallest absolute Gasteiger partial charge is 0.345 e. The van der Waals surface area contributed by atoms with E-state index in [-0.39, 0.29) is 45.7 Å². The highest BCUT2D eigenvalue weighted by Crippen LogP contribution is 2.34. The van der Waals surface area contributed by atoms with E-state index in [1.54, 1.807) is 13.2 Å². The van der Waals surface area contributed by atoms with Crippen LogP contribution >= 0.6 is 23.2 Å². The summed E-state index contributed by atoms with van der Waals surface area (Å²) in [6, 6.07) is 5.01. The predicted molar refractivity (Wildman–Crippen MR) is 133 cm³/mol. The van der Waals surface area contributed by atoms with Crippen LogP contribution in [0, 0.1) is 11.0 Å². The van der Waals surface area contributed by atoms with Crippen LogP contribution in [0.15, 0.2) is 55.4 Å². The third-order valence-corrected chi connectivity index (χ3v) is 6.35. The first kappa shape index (κ1) is 26.6. The zero-order valence-corrected chi connectivity index (χ0v) is 21.5. The highest BCUT2D eigenvalue weighted by atomic mass is 35.5. The minimum Gasteiger partial charge on any atom is -0.618 e. The van der Waals surface area contributed by atoms with E-state index in [2.05, 4.69) is 30.2 Å². The fourth-order valence-electron chi connectivity index (χ4n) is 4.13. The molecule has 39 heavy (non-hydrogen) atoms. The van der Waals surface area contributed by atoms with Crippen LogP contribution in [0.1, 0.15) is 18.2 Å². The molecule has 0 saturated heterocycles. The van der Waals surface area contributed by atoms with E-state index in [4.69, 9.17) is 23.2 Å². The maximum atomic E-state index is 15.3. The van der Waals surface area contributed by atoms with Crippen molar-refractivity contribution in [3.05, 3.63) is 82.3 Å². The molecular formula is C23H18Cl2F3N9O2. The molecule has 4 aromatic heterocycles. The van der Waals surface area contributed by atoms with Gasteiger partial charge in [-0.25, -0.2) is 18.7 Å². The second kappa shape index (κ2) is 11.0. The van der Waals surface area contributed by atoms with E-state index >= 15 is 4.39 Å². The molecule has 0 spiro atoms. The Bertz CT molecular complexity index is 1620. The molecule has 0 fully saturated rings. The first-order valence-corrected chi connectivity index (χ1v) is 12.1. The van der Waals surface area contributed by atoms with Crippen LogP contribution in [0.3, 0.4) is 0 Å².